The van der Waals surface area contributed by atoms with Crippen LogP contribution in [0.3, 0.4) is 0 Å². The first kappa shape index (κ1) is 17.8. The van der Waals surface area contributed by atoms with Crippen molar-refractivity contribution in [2.75, 3.05) is 26.4 Å². The van der Waals surface area contributed by atoms with Crippen molar-refractivity contribution in [1.82, 2.24) is 5.32 Å². The molecule has 1 saturated heterocycles. The number of carbonyl (C=O) groups excluding carboxylic acids is 1. The summed E-state index contributed by atoms with van der Waals surface area (Å²) in [6.07, 6.45) is 3.54. The Kier molecular flexibility index (Phi) is 7.36. The molecule has 0 radical (unpaired) electrons. The lowest BCUT2D eigenvalue weighted by Crippen LogP contribution is -2.47. The molecule has 1 aromatic carbocycles. The Hall–Kier alpha value is -1.59. The van der Waals surface area contributed by atoms with E-state index in [9.17, 15) is 4.79 Å². The minimum atomic E-state index is -0.414. The molecule has 5 nitrogen and oxygen atoms in total. The predicted molar refractivity (Wildman–Crippen MR) is 90.4 cm³/mol. The van der Waals surface area contributed by atoms with Crippen LogP contribution in [0.1, 0.15) is 31.2 Å². The molecule has 1 unspecified atom stereocenters. The molecule has 0 aromatic heterocycles. The monoisotopic (exact) mass is 320 g/mol. The van der Waals surface area contributed by atoms with Crippen molar-refractivity contribution in [3.05, 3.63) is 29.8 Å². The number of aryl methyl sites for hydroxylation is 1. The highest BCUT2D eigenvalue weighted by molar-refractivity contribution is 5.81. The van der Waals surface area contributed by atoms with Crippen molar-refractivity contribution < 1.29 is 14.3 Å². The standard InChI is InChI=1S/C18H28N2O3/c1-14-4-6-16(7-5-14)23-11-3-2-10-20-18(21)17(19)15-8-12-22-13-9-15/h4-7,15,17H,2-3,8-13,19H2,1H3,(H,20,21). The molecule has 1 aliphatic heterocycles. The van der Waals surface area contributed by atoms with Gasteiger partial charge in [0.15, 0.2) is 0 Å². The van der Waals surface area contributed by atoms with Crippen LogP contribution in [0, 0.1) is 12.8 Å². The van der Waals surface area contributed by atoms with Gasteiger partial charge in [0, 0.05) is 19.8 Å². The van der Waals surface area contributed by atoms with Gasteiger partial charge in [-0.05, 0) is 50.7 Å². The molecular weight excluding hydrogens is 292 g/mol. The second-order valence-electron chi connectivity index (χ2n) is 6.14. The van der Waals surface area contributed by atoms with E-state index in [1.807, 2.05) is 24.3 Å². The molecule has 23 heavy (non-hydrogen) atoms. The van der Waals surface area contributed by atoms with E-state index in [4.69, 9.17) is 15.2 Å². The molecule has 0 aliphatic carbocycles. The van der Waals surface area contributed by atoms with E-state index in [0.717, 1.165) is 31.4 Å². The van der Waals surface area contributed by atoms with E-state index < -0.39 is 6.04 Å². The van der Waals surface area contributed by atoms with Crippen LogP contribution in [0.2, 0.25) is 0 Å². The highest BCUT2D eigenvalue weighted by Gasteiger charge is 2.26. The van der Waals surface area contributed by atoms with E-state index in [1.54, 1.807) is 0 Å². The van der Waals surface area contributed by atoms with Gasteiger partial charge in [-0.15, -0.1) is 0 Å². The highest BCUT2D eigenvalue weighted by Crippen LogP contribution is 2.17. The quantitative estimate of drug-likeness (QED) is 0.719. The largest absolute Gasteiger partial charge is 0.494 e. The fourth-order valence-corrected chi connectivity index (χ4v) is 2.67. The zero-order chi connectivity index (χ0) is 16.5. The fraction of sp³-hybridized carbons (Fsp3) is 0.611. The summed E-state index contributed by atoms with van der Waals surface area (Å²) in [7, 11) is 0. The Morgan fingerprint density at radius 3 is 2.70 bits per heavy atom. The van der Waals surface area contributed by atoms with Gasteiger partial charge < -0.3 is 20.5 Å². The number of ether oxygens (including phenoxy) is 2. The van der Waals surface area contributed by atoms with Gasteiger partial charge >= 0.3 is 0 Å². The molecule has 3 N–H and O–H groups in total. The smallest absolute Gasteiger partial charge is 0.237 e. The summed E-state index contributed by atoms with van der Waals surface area (Å²) in [5, 5.41) is 2.93. The number of benzene rings is 1. The normalized spacial score (nSPS) is 16.8. The molecule has 128 valence electrons. The van der Waals surface area contributed by atoms with Gasteiger partial charge in [0.1, 0.15) is 5.75 Å². The maximum absolute atomic E-state index is 12.0. The Morgan fingerprint density at radius 2 is 2.00 bits per heavy atom. The summed E-state index contributed by atoms with van der Waals surface area (Å²) in [5.41, 5.74) is 7.25. The SMILES string of the molecule is Cc1ccc(OCCCCNC(=O)C(N)C2CCOCC2)cc1. The summed E-state index contributed by atoms with van der Waals surface area (Å²) < 4.78 is 11.0. The average Bonchev–Trinajstić information content (AvgIpc) is 2.59. The second kappa shape index (κ2) is 9.53. The Bertz CT molecular complexity index is 470. The van der Waals surface area contributed by atoms with Crippen LogP contribution in [0.15, 0.2) is 24.3 Å². The van der Waals surface area contributed by atoms with Crippen LogP contribution in [0.5, 0.6) is 5.75 Å². The number of unbranched alkanes of at least 4 members (excludes halogenated alkanes) is 1. The fourth-order valence-electron chi connectivity index (χ4n) is 2.67. The first-order chi connectivity index (χ1) is 11.2. The van der Waals surface area contributed by atoms with Crippen molar-refractivity contribution >= 4 is 5.91 Å². The third-order valence-corrected chi connectivity index (χ3v) is 4.24. The number of hydrogen-bond donors (Lipinski definition) is 2. The second-order valence-corrected chi connectivity index (χ2v) is 6.14. The van der Waals surface area contributed by atoms with Gasteiger partial charge in [-0.3, -0.25) is 4.79 Å². The number of amides is 1. The average molecular weight is 320 g/mol. The van der Waals surface area contributed by atoms with Gasteiger partial charge in [0.05, 0.1) is 12.6 Å². The first-order valence-electron chi connectivity index (χ1n) is 8.47. The molecule has 2 rings (SSSR count). The van der Waals surface area contributed by atoms with Gasteiger partial charge in [-0.25, -0.2) is 0 Å². The molecule has 0 saturated carbocycles. The molecule has 1 aliphatic rings. The molecule has 1 heterocycles. The number of nitrogens with two attached hydrogens (primary N) is 1. The number of hydrogen-bond acceptors (Lipinski definition) is 4. The molecule has 0 bridgehead atoms. The molecular formula is C18H28N2O3. The van der Waals surface area contributed by atoms with Crippen LogP contribution < -0.4 is 15.8 Å². The molecule has 1 atom stereocenters. The summed E-state index contributed by atoms with van der Waals surface area (Å²) >= 11 is 0. The molecule has 1 aromatic rings. The minimum Gasteiger partial charge on any atom is -0.494 e. The zero-order valence-corrected chi connectivity index (χ0v) is 13.9. The summed E-state index contributed by atoms with van der Waals surface area (Å²) in [6.45, 7) is 4.78. The zero-order valence-electron chi connectivity index (χ0n) is 13.9. The van der Waals surface area contributed by atoms with Crippen molar-refractivity contribution in [3.8, 4) is 5.75 Å². The van der Waals surface area contributed by atoms with E-state index in [0.29, 0.717) is 26.4 Å². The number of nitrogens with one attached hydrogen (secondary N) is 1. The topological polar surface area (TPSA) is 73.6 Å². The van der Waals surface area contributed by atoms with Crippen molar-refractivity contribution in [2.24, 2.45) is 11.7 Å². The van der Waals surface area contributed by atoms with E-state index in [1.165, 1.54) is 5.56 Å². The van der Waals surface area contributed by atoms with Gasteiger partial charge in [-0.2, -0.15) is 0 Å². The maximum Gasteiger partial charge on any atom is 0.237 e. The van der Waals surface area contributed by atoms with Crippen molar-refractivity contribution in [2.45, 2.75) is 38.6 Å². The van der Waals surface area contributed by atoms with Crippen LogP contribution in [-0.2, 0) is 9.53 Å². The highest BCUT2D eigenvalue weighted by atomic mass is 16.5. The lowest BCUT2D eigenvalue weighted by atomic mass is 9.92. The minimum absolute atomic E-state index is 0.0450. The van der Waals surface area contributed by atoms with Crippen LogP contribution in [0.25, 0.3) is 0 Å². The third kappa shape index (κ3) is 6.20. The first-order valence-corrected chi connectivity index (χ1v) is 8.47. The van der Waals surface area contributed by atoms with E-state index in [-0.39, 0.29) is 11.8 Å². The maximum atomic E-state index is 12.0. The van der Waals surface area contributed by atoms with Crippen LogP contribution >= 0.6 is 0 Å². The summed E-state index contributed by atoms with van der Waals surface area (Å²) in [6, 6.07) is 7.61. The number of carbonyl (C=O) groups is 1. The van der Waals surface area contributed by atoms with Gasteiger partial charge in [0.25, 0.3) is 0 Å². The lowest BCUT2D eigenvalue weighted by Gasteiger charge is -2.26. The molecule has 0 spiro atoms. The third-order valence-electron chi connectivity index (χ3n) is 4.24. The summed E-state index contributed by atoms with van der Waals surface area (Å²) in [4.78, 5) is 12.0. The Balaban J connectivity index is 1.54. The summed E-state index contributed by atoms with van der Waals surface area (Å²) in [5.74, 6) is 1.09. The van der Waals surface area contributed by atoms with Gasteiger partial charge in [0.2, 0.25) is 5.91 Å². The lowest BCUT2D eigenvalue weighted by molar-refractivity contribution is -0.124. The van der Waals surface area contributed by atoms with E-state index in [2.05, 4.69) is 12.2 Å². The van der Waals surface area contributed by atoms with Crippen LogP contribution in [-0.4, -0.2) is 38.3 Å². The Labute approximate surface area is 138 Å². The van der Waals surface area contributed by atoms with Crippen molar-refractivity contribution in [1.29, 1.82) is 0 Å². The molecule has 5 heteroatoms. The Morgan fingerprint density at radius 1 is 1.30 bits per heavy atom. The molecule has 1 fully saturated rings. The molecule has 1 amide bonds. The van der Waals surface area contributed by atoms with Crippen LogP contribution in [0.4, 0.5) is 0 Å². The predicted octanol–water partition coefficient (Wildman–Crippen LogP) is 2.02. The number of rotatable bonds is 8. The van der Waals surface area contributed by atoms with Crippen molar-refractivity contribution in [3.63, 3.8) is 0 Å². The van der Waals surface area contributed by atoms with E-state index >= 15 is 0 Å². The van der Waals surface area contributed by atoms with Gasteiger partial charge in [-0.1, -0.05) is 17.7 Å².